The zero-order chi connectivity index (χ0) is 16.1. The molecule has 1 aromatic rings. The maximum absolute atomic E-state index is 11.6. The molecule has 0 aromatic heterocycles. The van der Waals surface area contributed by atoms with Crippen molar-refractivity contribution in [1.29, 1.82) is 0 Å². The summed E-state index contributed by atoms with van der Waals surface area (Å²) in [5.74, 6) is -1.06. The number of benzene rings is 1. The van der Waals surface area contributed by atoms with Gasteiger partial charge < -0.3 is 20.3 Å². The van der Waals surface area contributed by atoms with Gasteiger partial charge in [-0.05, 0) is 37.0 Å². The Kier molecular flexibility index (Phi) is 5.12. The van der Waals surface area contributed by atoms with Gasteiger partial charge in [0.25, 0.3) is 0 Å². The van der Waals surface area contributed by atoms with Gasteiger partial charge in [-0.3, -0.25) is 9.59 Å². The molecule has 23 heavy (non-hydrogen) atoms. The van der Waals surface area contributed by atoms with Crippen LogP contribution < -0.4 is 15.5 Å². The average molecular weight is 317 g/mol. The van der Waals surface area contributed by atoms with E-state index >= 15 is 0 Å². The normalized spacial score (nSPS) is 17.7. The van der Waals surface area contributed by atoms with Crippen LogP contribution in [-0.2, 0) is 20.7 Å². The molecule has 124 valence electrons. The molecule has 0 spiro atoms. The molecule has 2 aliphatic rings. The van der Waals surface area contributed by atoms with Gasteiger partial charge in [0.2, 0.25) is 0 Å². The van der Waals surface area contributed by atoms with Crippen LogP contribution in [0.2, 0.25) is 0 Å². The number of hydrogen-bond acceptors (Lipinski definition) is 4. The molecule has 1 aliphatic carbocycles. The number of amides is 2. The first-order valence-electron chi connectivity index (χ1n) is 8.23. The molecule has 1 aliphatic heterocycles. The summed E-state index contributed by atoms with van der Waals surface area (Å²) in [6, 6.07) is 8.55. The smallest absolute Gasteiger partial charge is 0.309 e. The van der Waals surface area contributed by atoms with Crippen molar-refractivity contribution in [2.24, 2.45) is 0 Å². The molecule has 1 aromatic carbocycles. The highest BCUT2D eigenvalue weighted by Crippen LogP contribution is 2.18. The Balaban J connectivity index is 1.41. The van der Waals surface area contributed by atoms with Crippen molar-refractivity contribution in [1.82, 2.24) is 10.6 Å². The highest BCUT2D eigenvalue weighted by atomic mass is 16.5. The Hall–Kier alpha value is -2.08. The number of nitrogens with one attached hydrogen (secondary N) is 2. The first-order chi connectivity index (χ1) is 11.2. The highest BCUT2D eigenvalue weighted by molar-refractivity contribution is 6.35. The summed E-state index contributed by atoms with van der Waals surface area (Å²) in [5.41, 5.74) is 2.34. The summed E-state index contributed by atoms with van der Waals surface area (Å²) >= 11 is 0. The van der Waals surface area contributed by atoms with E-state index in [1.165, 1.54) is 5.69 Å². The molecule has 0 unspecified atom stereocenters. The maximum Gasteiger partial charge on any atom is 0.309 e. The Bertz CT molecular complexity index is 549. The lowest BCUT2D eigenvalue weighted by atomic mass is 10.1. The molecule has 0 bridgehead atoms. The number of anilines is 1. The van der Waals surface area contributed by atoms with Crippen LogP contribution in [0.3, 0.4) is 0 Å². The fraction of sp³-hybridized carbons (Fsp3) is 0.529. The predicted molar refractivity (Wildman–Crippen MR) is 87.4 cm³/mol. The van der Waals surface area contributed by atoms with Crippen molar-refractivity contribution in [3.63, 3.8) is 0 Å². The molecule has 0 radical (unpaired) electrons. The molecular weight excluding hydrogens is 294 g/mol. The second-order valence-corrected chi connectivity index (χ2v) is 6.02. The third-order valence-electron chi connectivity index (χ3n) is 4.13. The average Bonchev–Trinajstić information content (AvgIpc) is 3.40. The third kappa shape index (κ3) is 4.69. The monoisotopic (exact) mass is 317 g/mol. The maximum atomic E-state index is 11.6. The Morgan fingerprint density at radius 1 is 1.09 bits per heavy atom. The molecule has 3 rings (SSSR count). The van der Waals surface area contributed by atoms with Gasteiger partial charge in [-0.1, -0.05) is 12.1 Å². The van der Waals surface area contributed by atoms with Crippen LogP contribution in [-0.4, -0.2) is 50.7 Å². The van der Waals surface area contributed by atoms with Crippen molar-refractivity contribution in [3.8, 4) is 0 Å². The summed E-state index contributed by atoms with van der Waals surface area (Å²) < 4.78 is 5.35. The van der Waals surface area contributed by atoms with Crippen LogP contribution >= 0.6 is 0 Å². The van der Waals surface area contributed by atoms with Gasteiger partial charge in [0.15, 0.2) is 0 Å². The van der Waals surface area contributed by atoms with Gasteiger partial charge >= 0.3 is 11.8 Å². The lowest BCUT2D eigenvalue weighted by molar-refractivity contribution is -0.139. The fourth-order valence-electron chi connectivity index (χ4n) is 2.57. The highest BCUT2D eigenvalue weighted by Gasteiger charge is 2.26. The zero-order valence-corrected chi connectivity index (χ0v) is 13.2. The molecule has 1 saturated carbocycles. The van der Waals surface area contributed by atoms with Crippen LogP contribution in [0.25, 0.3) is 0 Å². The molecule has 6 heteroatoms. The molecular formula is C17H23N3O3. The minimum atomic E-state index is -0.540. The predicted octanol–water partition coefficient (Wildman–Crippen LogP) is 0.460. The van der Waals surface area contributed by atoms with E-state index in [0.29, 0.717) is 13.0 Å². The van der Waals surface area contributed by atoms with E-state index in [1.807, 2.05) is 0 Å². The number of ether oxygens (including phenoxy) is 1. The number of carbonyl (C=O) groups is 2. The summed E-state index contributed by atoms with van der Waals surface area (Å²) in [6.07, 6.45) is 2.68. The third-order valence-corrected chi connectivity index (χ3v) is 4.13. The number of morpholine rings is 1. The van der Waals surface area contributed by atoms with E-state index in [2.05, 4.69) is 39.8 Å². The van der Waals surface area contributed by atoms with Crippen LogP contribution in [0.4, 0.5) is 5.69 Å². The first kappa shape index (κ1) is 15.8. The lowest BCUT2D eigenvalue weighted by Gasteiger charge is -2.28. The number of nitrogens with zero attached hydrogens (tertiary/aromatic N) is 1. The summed E-state index contributed by atoms with van der Waals surface area (Å²) in [7, 11) is 0. The lowest BCUT2D eigenvalue weighted by Crippen LogP contribution is -2.41. The van der Waals surface area contributed by atoms with Crippen molar-refractivity contribution in [2.75, 3.05) is 37.7 Å². The second-order valence-electron chi connectivity index (χ2n) is 6.02. The summed E-state index contributed by atoms with van der Waals surface area (Å²) in [6.45, 7) is 3.86. The van der Waals surface area contributed by atoms with Gasteiger partial charge in [0.05, 0.1) is 13.2 Å². The van der Waals surface area contributed by atoms with Crippen molar-refractivity contribution >= 4 is 17.5 Å². The van der Waals surface area contributed by atoms with E-state index in [0.717, 1.165) is 44.7 Å². The standard InChI is InChI=1S/C17H23N3O3/c21-16(17(22)19-14-3-4-14)18-8-7-13-1-5-15(6-2-13)20-9-11-23-12-10-20/h1-2,5-6,14H,3-4,7-12H2,(H,18,21)(H,19,22). The second kappa shape index (κ2) is 7.46. The van der Waals surface area contributed by atoms with Gasteiger partial charge in [-0.15, -0.1) is 0 Å². The zero-order valence-electron chi connectivity index (χ0n) is 13.2. The quantitative estimate of drug-likeness (QED) is 0.774. The number of rotatable bonds is 5. The Morgan fingerprint density at radius 3 is 2.43 bits per heavy atom. The van der Waals surface area contributed by atoms with Crippen molar-refractivity contribution in [3.05, 3.63) is 29.8 Å². The van der Waals surface area contributed by atoms with E-state index in [1.54, 1.807) is 0 Å². The minimum absolute atomic E-state index is 0.209. The van der Waals surface area contributed by atoms with E-state index < -0.39 is 11.8 Å². The number of hydrogen-bond donors (Lipinski definition) is 2. The van der Waals surface area contributed by atoms with Gasteiger partial charge in [0.1, 0.15) is 0 Å². The first-order valence-corrected chi connectivity index (χ1v) is 8.23. The largest absolute Gasteiger partial charge is 0.378 e. The minimum Gasteiger partial charge on any atom is -0.378 e. The van der Waals surface area contributed by atoms with Gasteiger partial charge in [0, 0.05) is 31.4 Å². The van der Waals surface area contributed by atoms with Gasteiger partial charge in [-0.25, -0.2) is 0 Å². The molecule has 2 N–H and O–H groups in total. The van der Waals surface area contributed by atoms with Gasteiger partial charge in [-0.2, -0.15) is 0 Å². The molecule has 2 fully saturated rings. The molecule has 0 atom stereocenters. The summed E-state index contributed by atoms with van der Waals surface area (Å²) in [5, 5.41) is 5.34. The van der Waals surface area contributed by atoms with Crippen LogP contribution in [0.5, 0.6) is 0 Å². The molecule has 6 nitrogen and oxygen atoms in total. The molecule has 1 saturated heterocycles. The van der Waals surface area contributed by atoms with E-state index in [-0.39, 0.29) is 6.04 Å². The topological polar surface area (TPSA) is 70.7 Å². The van der Waals surface area contributed by atoms with Crippen LogP contribution in [0.15, 0.2) is 24.3 Å². The molecule has 2 amide bonds. The summed E-state index contributed by atoms with van der Waals surface area (Å²) in [4.78, 5) is 25.4. The van der Waals surface area contributed by atoms with E-state index in [9.17, 15) is 9.59 Å². The molecule has 1 heterocycles. The van der Waals surface area contributed by atoms with E-state index in [4.69, 9.17) is 4.74 Å². The Labute approximate surface area is 136 Å². The van der Waals surface area contributed by atoms with Crippen LogP contribution in [0.1, 0.15) is 18.4 Å². The van der Waals surface area contributed by atoms with Crippen molar-refractivity contribution in [2.45, 2.75) is 25.3 Å². The van der Waals surface area contributed by atoms with Crippen molar-refractivity contribution < 1.29 is 14.3 Å². The SMILES string of the molecule is O=C(NCCc1ccc(N2CCOCC2)cc1)C(=O)NC1CC1. The fourth-order valence-corrected chi connectivity index (χ4v) is 2.57. The van der Waals surface area contributed by atoms with Crippen LogP contribution in [0, 0.1) is 0 Å². The number of carbonyl (C=O) groups excluding carboxylic acids is 2. The Morgan fingerprint density at radius 2 is 1.78 bits per heavy atom.